The molecule has 2 aromatic carbocycles. The van der Waals surface area contributed by atoms with Gasteiger partial charge in [0, 0.05) is 19.6 Å². The fraction of sp³-hybridized carbons (Fsp3) is 0.400. The summed E-state index contributed by atoms with van der Waals surface area (Å²) in [5, 5.41) is 0. The van der Waals surface area contributed by atoms with E-state index in [1.165, 1.54) is 0 Å². The van der Waals surface area contributed by atoms with E-state index in [4.69, 9.17) is 0 Å². The van der Waals surface area contributed by atoms with E-state index in [0.717, 1.165) is 22.3 Å². The number of rotatable bonds is 7. The average Bonchev–Trinajstić information content (AvgIpc) is 2.50. The standard InChI is InChI=1S/C20H28N2O2S/c1-16-13-17(2)20(18(3)14-16)25(23,24)22(12-11-21(4)5)15-19-9-7-6-8-10-19/h6-10,13-14H,11-12,15H2,1-5H3. The van der Waals surface area contributed by atoms with Crippen molar-refractivity contribution in [3.05, 3.63) is 64.7 Å². The Labute approximate surface area is 152 Å². The minimum atomic E-state index is -3.57. The summed E-state index contributed by atoms with van der Waals surface area (Å²) in [7, 11) is 0.342. The second-order valence-electron chi connectivity index (χ2n) is 6.86. The molecule has 136 valence electrons. The second-order valence-corrected chi connectivity index (χ2v) is 8.73. The van der Waals surface area contributed by atoms with Crippen LogP contribution in [0.5, 0.6) is 0 Å². The first-order valence-electron chi connectivity index (χ1n) is 8.48. The van der Waals surface area contributed by atoms with Crippen molar-refractivity contribution >= 4 is 10.0 Å². The minimum absolute atomic E-state index is 0.379. The average molecular weight is 361 g/mol. The maximum atomic E-state index is 13.4. The summed E-state index contributed by atoms with van der Waals surface area (Å²) in [5.74, 6) is 0. The molecule has 0 N–H and O–H groups in total. The van der Waals surface area contributed by atoms with Crippen molar-refractivity contribution in [1.29, 1.82) is 0 Å². The lowest BCUT2D eigenvalue weighted by Crippen LogP contribution is -2.36. The van der Waals surface area contributed by atoms with Crippen LogP contribution >= 0.6 is 0 Å². The molecule has 0 aliphatic heterocycles. The number of benzene rings is 2. The normalized spacial score (nSPS) is 12.1. The SMILES string of the molecule is Cc1cc(C)c(S(=O)(=O)N(CCN(C)C)Cc2ccccc2)c(C)c1. The second kappa shape index (κ2) is 8.13. The lowest BCUT2D eigenvalue weighted by Gasteiger charge is -2.26. The van der Waals surface area contributed by atoms with Crippen molar-refractivity contribution in [1.82, 2.24) is 9.21 Å². The summed E-state index contributed by atoms with van der Waals surface area (Å²) in [5.41, 5.74) is 3.69. The quantitative estimate of drug-likeness (QED) is 0.760. The molecule has 0 aliphatic rings. The third-order valence-electron chi connectivity index (χ3n) is 4.20. The first-order chi connectivity index (χ1) is 11.7. The molecule has 0 spiro atoms. The van der Waals surface area contributed by atoms with E-state index in [-0.39, 0.29) is 0 Å². The Morgan fingerprint density at radius 3 is 1.96 bits per heavy atom. The Hall–Kier alpha value is -1.69. The van der Waals surface area contributed by atoms with Crippen LogP contribution in [0.3, 0.4) is 0 Å². The first kappa shape index (κ1) is 19.6. The van der Waals surface area contributed by atoms with Gasteiger partial charge in [0.05, 0.1) is 4.90 Å². The number of hydrogen-bond acceptors (Lipinski definition) is 3. The summed E-state index contributed by atoms with van der Waals surface area (Å²) in [6.45, 7) is 7.25. The van der Waals surface area contributed by atoms with Gasteiger partial charge in [-0.3, -0.25) is 0 Å². The summed E-state index contributed by atoms with van der Waals surface area (Å²) in [4.78, 5) is 2.44. The zero-order valence-corrected chi connectivity index (χ0v) is 16.6. The molecule has 0 saturated heterocycles. The lowest BCUT2D eigenvalue weighted by molar-refractivity contribution is 0.329. The largest absolute Gasteiger partial charge is 0.308 e. The molecule has 2 aromatic rings. The Bertz CT molecular complexity index is 792. The Balaban J connectivity index is 2.44. The van der Waals surface area contributed by atoms with Gasteiger partial charge in [0.15, 0.2) is 0 Å². The number of nitrogens with zero attached hydrogens (tertiary/aromatic N) is 2. The summed E-state index contributed by atoms with van der Waals surface area (Å²) < 4.78 is 28.4. The molecular formula is C20H28N2O2S. The van der Waals surface area contributed by atoms with Crippen LogP contribution in [0.25, 0.3) is 0 Å². The van der Waals surface area contributed by atoms with Gasteiger partial charge in [0.2, 0.25) is 10.0 Å². The van der Waals surface area contributed by atoms with E-state index in [0.29, 0.717) is 24.5 Å². The van der Waals surface area contributed by atoms with Gasteiger partial charge in [0.1, 0.15) is 0 Å². The zero-order valence-electron chi connectivity index (χ0n) is 15.8. The van der Waals surface area contributed by atoms with Gasteiger partial charge in [-0.15, -0.1) is 0 Å². The topological polar surface area (TPSA) is 40.6 Å². The molecule has 4 nitrogen and oxygen atoms in total. The first-order valence-corrected chi connectivity index (χ1v) is 9.92. The third kappa shape index (κ3) is 4.91. The number of aryl methyl sites for hydroxylation is 3. The summed E-state index contributed by atoms with van der Waals surface area (Å²) in [6.07, 6.45) is 0. The molecule has 0 heterocycles. The van der Waals surface area contributed by atoms with Crippen molar-refractivity contribution in [2.24, 2.45) is 0 Å². The third-order valence-corrected chi connectivity index (χ3v) is 6.35. The van der Waals surface area contributed by atoms with Crippen molar-refractivity contribution < 1.29 is 8.42 Å². The van der Waals surface area contributed by atoms with Gasteiger partial charge in [-0.1, -0.05) is 48.0 Å². The van der Waals surface area contributed by atoms with Crippen LogP contribution in [0, 0.1) is 20.8 Å². The summed E-state index contributed by atoms with van der Waals surface area (Å²) >= 11 is 0. The molecule has 0 aromatic heterocycles. The van der Waals surface area contributed by atoms with Gasteiger partial charge >= 0.3 is 0 Å². The van der Waals surface area contributed by atoms with E-state index in [1.807, 2.05) is 82.2 Å². The highest BCUT2D eigenvalue weighted by molar-refractivity contribution is 7.89. The molecule has 25 heavy (non-hydrogen) atoms. The molecular weight excluding hydrogens is 332 g/mol. The van der Waals surface area contributed by atoms with E-state index < -0.39 is 10.0 Å². The summed E-state index contributed by atoms with van der Waals surface area (Å²) in [6, 6.07) is 13.6. The van der Waals surface area contributed by atoms with Gasteiger partial charge in [0.25, 0.3) is 0 Å². The van der Waals surface area contributed by atoms with Crippen molar-refractivity contribution in [3.8, 4) is 0 Å². The molecule has 0 atom stereocenters. The smallest absolute Gasteiger partial charge is 0.243 e. The maximum Gasteiger partial charge on any atom is 0.243 e. The monoisotopic (exact) mass is 360 g/mol. The number of hydrogen-bond donors (Lipinski definition) is 0. The number of likely N-dealkylation sites (N-methyl/N-ethyl adjacent to an activating group) is 1. The fourth-order valence-corrected chi connectivity index (χ4v) is 4.92. The van der Waals surface area contributed by atoms with Crippen LogP contribution in [-0.4, -0.2) is 44.8 Å². The predicted molar refractivity (Wildman–Crippen MR) is 103 cm³/mol. The van der Waals surface area contributed by atoms with Crippen LogP contribution in [0.2, 0.25) is 0 Å². The highest BCUT2D eigenvalue weighted by Gasteiger charge is 2.28. The minimum Gasteiger partial charge on any atom is -0.308 e. The van der Waals surface area contributed by atoms with Gasteiger partial charge in [-0.25, -0.2) is 8.42 Å². The van der Waals surface area contributed by atoms with E-state index in [9.17, 15) is 8.42 Å². The highest BCUT2D eigenvalue weighted by Crippen LogP contribution is 2.26. The molecule has 0 amide bonds. The van der Waals surface area contributed by atoms with Crippen LogP contribution in [0.1, 0.15) is 22.3 Å². The predicted octanol–water partition coefficient (Wildman–Crippen LogP) is 3.36. The fourth-order valence-electron chi connectivity index (χ4n) is 3.09. The van der Waals surface area contributed by atoms with Crippen molar-refractivity contribution in [3.63, 3.8) is 0 Å². The van der Waals surface area contributed by atoms with Crippen molar-refractivity contribution in [2.75, 3.05) is 27.2 Å². The Morgan fingerprint density at radius 1 is 0.880 bits per heavy atom. The van der Waals surface area contributed by atoms with Gasteiger partial charge < -0.3 is 4.90 Å². The Morgan fingerprint density at radius 2 is 1.44 bits per heavy atom. The van der Waals surface area contributed by atoms with E-state index in [1.54, 1.807) is 4.31 Å². The molecule has 0 saturated carbocycles. The Kier molecular flexibility index (Phi) is 6.38. The molecule has 2 rings (SSSR count). The molecule has 0 bridgehead atoms. The molecule has 5 heteroatoms. The maximum absolute atomic E-state index is 13.4. The van der Waals surface area contributed by atoms with Gasteiger partial charge in [-0.05, 0) is 51.6 Å². The lowest BCUT2D eigenvalue weighted by atomic mass is 10.1. The van der Waals surface area contributed by atoms with Gasteiger partial charge in [-0.2, -0.15) is 4.31 Å². The van der Waals surface area contributed by atoms with E-state index in [2.05, 4.69) is 0 Å². The number of sulfonamides is 1. The van der Waals surface area contributed by atoms with E-state index >= 15 is 0 Å². The highest BCUT2D eigenvalue weighted by atomic mass is 32.2. The van der Waals surface area contributed by atoms with Crippen molar-refractivity contribution in [2.45, 2.75) is 32.2 Å². The molecule has 0 aliphatic carbocycles. The van der Waals surface area contributed by atoms with Crippen LogP contribution in [0.4, 0.5) is 0 Å². The molecule has 0 unspecified atom stereocenters. The molecule has 0 fully saturated rings. The zero-order chi connectivity index (χ0) is 18.6. The van der Waals surface area contributed by atoms with Crippen LogP contribution in [0.15, 0.2) is 47.4 Å². The van der Waals surface area contributed by atoms with Crippen LogP contribution in [-0.2, 0) is 16.6 Å². The molecule has 0 radical (unpaired) electrons. The van der Waals surface area contributed by atoms with Crippen LogP contribution < -0.4 is 0 Å².